The number of aromatic nitrogens is 2. The number of pyridine rings is 1. The zero-order valence-electron chi connectivity index (χ0n) is 16.4. The molecule has 144 valence electrons. The van der Waals surface area contributed by atoms with Crippen LogP contribution >= 0.6 is 0 Å². The zero-order valence-corrected chi connectivity index (χ0v) is 17.2. The fraction of sp³-hybridized carbons (Fsp3) is 0.115. The van der Waals surface area contributed by atoms with Crippen molar-refractivity contribution in [2.45, 2.75) is 20.0 Å². The molecule has 2 heterocycles. The van der Waals surface area contributed by atoms with Crippen molar-refractivity contribution in [2.24, 2.45) is 0 Å². The lowest BCUT2D eigenvalue weighted by molar-refractivity contribution is -0.688. The molecule has 0 saturated heterocycles. The third-order valence-electron chi connectivity index (χ3n) is 5.43. The lowest BCUT2D eigenvalue weighted by Gasteiger charge is -2.07. The van der Waals surface area contributed by atoms with Crippen molar-refractivity contribution in [3.63, 3.8) is 0 Å². The first-order chi connectivity index (χ1) is 13.8. The molecule has 0 atom stereocenters. The number of fused-ring (bicyclic) bond motifs is 3. The summed E-state index contributed by atoms with van der Waals surface area (Å²) in [6.45, 7) is 3.92. The summed E-state index contributed by atoms with van der Waals surface area (Å²) in [6, 6.07) is 30.5. The molecule has 0 aliphatic rings. The third kappa shape index (κ3) is 3.76. The van der Waals surface area contributed by atoms with E-state index in [0.717, 1.165) is 13.1 Å². The van der Waals surface area contributed by atoms with Crippen molar-refractivity contribution in [1.82, 2.24) is 4.57 Å². The molecule has 0 aliphatic heterocycles. The molecule has 5 aromatic rings. The van der Waals surface area contributed by atoms with Gasteiger partial charge in [0.2, 0.25) is 0 Å². The van der Waals surface area contributed by atoms with Gasteiger partial charge in [0, 0.05) is 46.0 Å². The summed E-state index contributed by atoms with van der Waals surface area (Å²) in [5, 5.41) is 2.65. The molecule has 2 aromatic heterocycles. The maximum atomic E-state index is 2.42. The van der Waals surface area contributed by atoms with E-state index in [1.165, 1.54) is 38.5 Å². The van der Waals surface area contributed by atoms with Crippen LogP contribution in [0.2, 0.25) is 0 Å². The number of nitrogens with zero attached hydrogens (tertiary/aromatic N) is 2. The van der Waals surface area contributed by atoms with Gasteiger partial charge in [-0.3, -0.25) is 0 Å². The van der Waals surface area contributed by atoms with Gasteiger partial charge in [-0.25, -0.2) is 4.57 Å². The molecule has 0 aliphatic carbocycles. The molecule has 0 bridgehead atoms. The van der Waals surface area contributed by atoms with Crippen molar-refractivity contribution in [1.29, 1.82) is 0 Å². The van der Waals surface area contributed by atoms with E-state index in [2.05, 4.69) is 113 Å². The molecular formula is C26H23ClN2. The summed E-state index contributed by atoms with van der Waals surface area (Å²) in [4.78, 5) is 0. The molecule has 0 unspecified atom stereocenters. The number of para-hydroxylation sites is 2. The average Bonchev–Trinajstić information content (AvgIpc) is 3.04. The number of rotatable bonds is 4. The summed E-state index contributed by atoms with van der Waals surface area (Å²) in [6.07, 6.45) is 4.37. The van der Waals surface area contributed by atoms with Gasteiger partial charge >= 0.3 is 0 Å². The van der Waals surface area contributed by atoms with Crippen LogP contribution in [-0.4, -0.2) is 4.57 Å². The Morgan fingerprint density at radius 1 is 0.690 bits per heavy atom. The minimum atomic E-state index is 0. The van der Waals surface area contributed by atoms with E-state index in [4.69, 9.17) is 0 Å². The first kappa shape index (κ1) is 19.2. The Labute approximate surface area is 177 Å². The van der Waals surface area contributed by atoms with Gasteiger partial charge in [-0.15, -0.1) is 0 Å². The van der Waals surface area contributed by atoms with Gasteiger partial charge < -0.3 is 17.0 Å². The van der Waals surface area contributed by atoms with Crippen LogP contribution in [0.15, 0.2) is 97.3 Å². The lowest BCUT2D eigenvalue weighted by Crippen LogP contribution is -3.00. The highest BCUT2D eigenvalue weighted by Crippen LogP contribution is 2.29. The van der Waals surface area contributed by atoms with Crippen molar-refractivity contribution in [3.8, 4) is 0 Å². The normalized spacial score (nSPS) is 10.9. The SMILES string of the molecule is Cc1cccc(C[n+]2ccc(Cn3c4ccccc4c4ccccc43)cc2)c1.[Cl-]. The molecule has 5 rings (SSSR count). The third-order valence-corrected chi connectivity index (χ3v) is 5.43. The van der Waals surface area contributed by atoms with Crippen LogP contribution in [0, 0.1) is 6.92 Å². The highest BCUT2D eigenvalue weighted by Gasteiger charge is 2.11. The van der Waals surface area contributed by atoms with E-state index < -0.39 is 0 Å². The fourth-order valence-corrected chi connectivity index (χ4v) is 4.08. The van der Waals surface area contributed by atoms with Crippen LogP contribution in [0.4, 0.5) is 0 Å². The number of halogens is 1. The maximum absolute atomic E-state index is 2.42. The van der Waals surface area contributed by atoms with Crippen LogP contribution < -0.4 is 17.0 Å². The van der Waals surface area contributed by atoms with Gasteiger partial charge in [0.1, 0.15) is 0 Å². The molecule has 0 amide bonds. The van der Waals surface area contributed by atoms with Gasteiger partial charge in [0.15, 0.2) is 18.9 Å². The summed E-state index contributed by atoms with van der Waals surface area (Å²) >= 11 is 0. The lowest BCUT2D eigenvalue weighted by atomic mass is 10.1. The van der Waals surface area contributed by atoms with Crippen LogP contribution in [0.3, 0.4) is 0 Å². The summed E-state index contributed by atoms with van der Waals surface area (Å²) in [5.74, 6) is 0. The molecule has 3 aromatic carbocycles. The second kappa shape index (κ2) is 8.10. The Kier molecular flexibility index (Phi) is 5.37. The second-order valence-corrected chi connectivity index (χ2v) is 7.49. The van der Waals surface area contributed by atoms with Crippen LogP contribution in [-0.2, 0) is 13.1 Å². The van der Waals surface area contributed by atoms with Crippen molar-refractivity contribution in [3.05, 3.63) is 114 Å². The topological polar surface area (TPSA) is 8.81 Å². The number of hydrogen-bond donors (Lipinski definition) is 0. The minimum absolute atomic E-state index is 0. The molecule has 0 fully saturated rings. The Morgan fingerprint density at radius 2 is 1.31 bits per heavy atom. The smallest absolute Gasteiger partial charge is 0.173 e. The van der Waals surface area contributed by atoms with Crippen molar-refractivity contribution in [2.75, 3.05) is 0 Å². The zero-order chi connectivity index (χ0) is 18.9. The van der Waals surface area contributed by atoms with Crippen molar-refractivity contribution >= 4 is 21.8 Å². The Hall–Kier alpha value is -3.10. The van der Waals surface area contributed by atoms with Gasteiger partial charge in [0.25, 0.3) is 0 Å². The van der Waals surface area contributed by atoms with E-state index in [1.54, 1.807) is 0 Å². The van der Waals surface area contributed by atoms with Crippen LogP contribution in [0.5, 0.6) is 0 Å². The van der Waals surface area contributed by atoms with E-state index in [0.29, 0.717) is 0 Å². The average molecular weight is 399 g/mol. The minimum Gasteiger partial charge on any atom is -1.00 e. The van der Waals surface area contributed by atoms with E-state index in [-0.39, 0.29) is 12.4 Å². The predicted molar refractivity (Wildman–Crippen MR) is 115 cm³/mol. The van der Waals surface area contributed by atoms with Gasteiger partial charge in [-0.1, -0.05) is 60.2 Å². The summed E-state index contributed by atoms with van der Waals surface area (Å²) in [7, 11) is 0. The Balaban J connectivity index is 0.00000205. The van der Waals surface area contributed by atoms with E-state index >= 15 is 0 Å². The van der Waals surface area contributed by atoms with Crippen molar-refractivity contribution < 1.29 is 17.0 Å². The number of hydrogen-bond acceptors (Lipinski definition) is 0. The maximum Gasteiger partial charge on any atom is 0.173 e. The molecule has 0 saturated carbocycles. The molecule has 29 heavy (non-hydrogen) atoms. The molecule has 3 heteroatoms. The van der Waals surface area contributed by atoms with Gasteiger partial charge in [-0.05, 0) is 30.7 Å². The standard InChI is InChI=1S/C26H23N2.ClH/c1-20-7-6-8-22(17-20)18-27-15-13-21(14-16-27)19-28-25-11-4-2-9-23(25)24-10-3-5-12-26(24)28;/h2-17H,18-19H2,1H3;1H/q+1;/p-1. The quantitative estimate of drug-likeness (QED) is 0.411. The molecule has 2 nitrogen and oxygen atoms in total. The Bertz CT molecular complexity index is 1220. The number of aryl methyl sites for hydroxylation is 1. The van der Waals surface area contributed by atoms with E-state index in [1.807, 2.05) is 0 Å². The molecule has 0 N–H and O–H groups in total. The van der Waals surface area contributed by atoms with E-state index in [9.17, 15) is 0 Å². The van der Waals surface area contributed by atoms with Crippen LogP contribution in [0.1, 0.15) is 16.7 Å². The summed E-state index contributed by atoms with van der Waals surface area (Å²) in [5.41, 5.74) is 6.54. The molecule has 0 radical (unpaired) electrons. The fourth-order valence-electron chi connectivity index (χ4n) is 4.08. The predicted octanol–water partition coefficient (Wildman–Crippen LogP) is 2.49. The molecular weight excluding hydrogens is 376 g/mol. The Morgan fingerprint density at radius 3 is 1.93 bits per heavy atom. The van der Waals surface area contributed by atoms with Gasteiger partial charge in [-0.2, -0.15) is 0 Å². The second-order valence-electron chi connectivity index (χ2n) is 7.49. The first-order valence-electron chi connectivity index (χ1n) is 9.77. The highest BCUT2D eigenvalue weighted by molar-refractivity contribution is 6.08. The summed E-state index contributed by atoms with van der Waals surface area (Å²) < 4.78 is 4.66. The largest absolute Gasteiger partial charge is 1.00 e. The monoisotopic (exact) mass is 398 g/mol. The molecule has 0 spiro atoms. The highest BCUT2D eigenvalue weighted by atomic mass is 35.5. The van der Waals surface area contributed by atoms with Crippen LogP contribution in [0.25, 0.3) is 21.8 Å². The number of benzene rings is 3. The van der Waals surface area contributed by atoms with Gasteiger partial charge in [0.05, 0.1) is 0 Å². The first-order valence-corrected chi connectivity index (χ1v) is 9.77.